The lowest BCUT2D eigenvalue weighted by molar-refractivity contribution is -0.139. The maximum Gasteiger partial charge on any atom is 0.326 e. The summed E-state index contributed by atoms with van der Waals surface area (Å²) in [5, 5.41) is 28.1. The van der Waals surface area contributed by atoms with Gasteiger partial charge >= 0.3 is 5.97 Å². The maximum atomic E-state index is 12.7. The standard InChI is InChI=1S/C29H33N9O5/c1-15(2)17-7-10-20(22(39)12-17)27(41)32-11-3-4-21(28(42)43)36-26(40)16-5-8-18(9-6-16)33-13-19-14-34-25-23(35-19)24(30)37-29(31)38-25/h5-10,12,14-15,21,33,39H,3-4,11,13H2,1-2H3,(H,32,41)(H,36,40)(H,42,43)(H4,30,31,34,37,38)/t21-/m0/s1. The number of benzene rings is 2. The Morgan fingerprint density at radius 3 is 2.40 bits per heavy atom. The van der Waals surface area contributed by atoms with E-state index in [4.69, 9.17) is 11.5 Å². The summed E-state index contributed by atoms with van der Waals surface area (Å²) >= 11 is 0. The van der Waals surface area contributed by atoms with Crippen LogP contribution in [0.4, 0.5) is 17.5 Å². The number of aromatic nitrogens is 4. The molecule has 4 aromatic rings. The number of amides is 2. The Balaban J connectivity index is 1.26. The number of nitrogens with one attached hydrogen (secondary N) is 3. The number of rotatable bonds is 12. The van der Waals surface area contributed by atoms with E-state index in [0.717, 1.165) is 5.56 Å². The van der Waals surface area contributed by atoms with Crippen LogP contribution in [0.15, 0.2) is 48.7 Å². The number of hydrogen-bond donors (Lipinski definition) is 7. The molecule has 4 rings (SSSR count). The van der Waals surface area contributed by atoms with Gasteiger partial charge in [0.2, 0.25) is 5.95 Å². The summed E-state index contributed by atoms with van der Waals surface area (Å²) in [6, 6.07) is 10.2. The Labute approximate surface area is 247 Å². The number of phenols is 1. The lowest BCUT2D eigenvalue weighted by Crippen LogP contribution is -2.41. The van der Waals surface area contributed by atoms with E-state index in [1.165, 1.54) is 6.20 Å². The molecule has 2 aromatic heterocycles. The molecule has 1 atom stereocenters. The number of nitrogens with zero attached hydrogens (tertiary/aromatic N) is 4. The fraction of sp³-hybridized carbons (Fsp3) is 0.276. The highest BCUT2D eigenvalue weighted by Crippen LogP contribution is 2.23. The third-order valence-electron chi connectivity index (χ3n) is 6.61. The fourth-order valence-electron chi connectivity index (χ4n) is 4.20. The molecule has 2 amide bonds. The Morgan fingerprint density at radius 1 is 0.977 bits per heavy atom. The number of nitrogens with two attached hydrogens (primary N) is 2. The number of anilines is 3. The first-order chi connectivity index (χ1) is 20.5. The molecular weight excluding hydrogens is 554 g/mol. The van der Waals surface area contributed by atoms with Gasteiger partial charge in [-0.05, 0) is 60.7 Å². The van der Waals surface area contributed by atoms with Gasteiger partial charge < -0.3 is 37.6 Å². The molecule has 0 bridgehead atoms. The number of phenolic OH excluding ortho intramolecular Hbond substituents is 1. The van der Waals surface area contributed by atoms with Crippen molar-refractivity contribution < 1.29 is 24.6 Å². The van der Waals surface area contributed by atoms with Gasteiger partial charge in [0.1, 0.15) is 11.8 Å². The number of carboxylic acids is 1. The molecule has 0 saturated heterocycles. The highest BCUT2D eigenvalue weighted by molar-refractivity contribution is 5.97. The van der Waals surface area contributed by atoms with Crippen LogP contribution < -0.4 is 27.4 Å². The Kier molecular flexibility index (Phi) is 9.50. The lowest BCUT2D eigenvalue weighted by atomic mass is 10.0. The normalized spacial score (nSPS) is 11.7. The SMILES string of the molecule is CC(C)c1ccc(C(=O)NCCC[C@H](NC(=O)c2ccc(NCc3cnc4nc(N)nc(N)c4n3)cc2)C(=O)O)c(O)c1. The number of carbonyl (C=O) groups is 3. The van der Waals surface area contributed by atoms with Crippen molar-refractivity contribution in [1.29, 1.82) is 0 Å². The Bertz CT molecular complexity index is 1640. The zero-order valence-electron chi connectivity index (χ0n) is 23.7. The van der Waals surface area contributed by atoms with Crippen molar-refractivity contribution in [3.05, 3.63) is 71.0 Å². The predicted octanol–water partition coefficient (Wildman–Crippen LogP) is 2.42. The summed E-state index contributed by atoms with van der Waals surface area (Å²) in [6.07, 6.45) is 1.92. The summed E-state index contributed by atoms with van der Waals surface area (Å²) in [6.45, 7) is 4.43. The van der Waals surface area contributed by atoms with Gasteiger partial charge in [-0.1, -0.05) is 19.9 Å². The molecule has 0 unspecified atom stereocenters. The molecule has 2 heterocycles. The number of hydrogen-bond acceptors (Lipinski definition) is 11. The van der Waals surface area contributed by atoms with Crippen LogP contribution in [-0.4, -0.2) is 60.5 Å². The third-order valence-corrected chi connectivity index (χ3v) is 6.61. The molecule has 9 N–H and O–H groups in total. The average molecular weight is 588 g/mol. The molecule has 0 aliphatic rings. The molecule has 224 valence electrons. The second-order valence-corrected chi connectivity index (χ2v) is 10.1. The first-order valence-corrected chi connectivity index (χ1v) is 13.5. The van der Waals surface area contributed by atoms with Crippen LogP contribution >= 0.6 is 0 Å². The fourth-order valence-corrected chi connectivity index (χ4v) is 4.20. The summed E-state index contributed by atoms with van der Waals surface area (Å²) < 4.78 is 0. The molecule has 0 aliphatic heterocycles. The number of fused-ring (bicyclic) bond motifs is 1. The molecule has 0 aliphatic carbocycles. The quantitative estimate of drug-likeness (QED) is 0.118. The minimum atomic E-state index is -1.19. The van der Waals surface area contributed by atoms with Gasteiger partial charge in [-0.25, -0.2) is 14.8 Å². The van der Waals surface area contributed by atoms with Crippen molar-refractivity contribution in [1.82, 2.24) is 30.6 Å². The zero-order valence-corrected chi connectivity index (χ0v) is 23.7. The molecule has 0 fully saturated rings. The zero-order chi connectivity index (χ0) is 31.1. The number of carboxylic acid groups (broad SMARTS) is 1. The monoisotopic (exact) mass is 587 g/mol. The Hall–Kier alpha value is -5.53. The van der Waals surface area contributed by atoms with Crippen molar-refractivity contribution in [2.45, 2.75) is 45.2 Å². The number of aromatic hydroxyl groups is 1. The summed E-state index contributed by atoms with van der Waals surface area (Å²) in [7, 11) is 0. The van der Waals surface area contributed by atoms with Crippen LogP contribution in [0.3, 0.4) is 0 Å². The first kappa shape index (κ1) is 30.4. The number of nitrogen functional groups attached to an aromatic ring is 2. The summed E-state index contributed by atoms with van der Waals surface area (Å²) in [5.41, 5.74) is 14.7. The highest BCUT2D eigenvalue weighted by atomic mass is 16.4. The van der Waals surface area contributed by atoms with Gasteiger partial charge in [-0.3, -0.25) is 9.59 Å². The first-order valence-electron chi connectivity index (χ1n) is 13.5. The number of carbonyl (C=O) groups excluding carboxylic acids is 2. The van der Waals surface area contributed by atoms with E-state index < -0.39 is 23.8 Å². The summed E-state index contributed by atoms with van der Waals surface area (Å²) in [4.78, 5) is 53.4. The third kappa shape index (κ3) is 7.81. The second kappa shape index (κ2) is 13.4. The van der Waals surface area contributed by atoms with Crippen molar-refractivity contribution in [3.63, 3.8) is 0 Å². The van der Waals surface area contributed by atoms with E-state index >= 15 is 0 Å². The lowest BCUT2D eigenvalue weighted by Gasteiger charge is -2.15. The predicted molar refractivity (Wildman–Crippen MR) is 160 cm³/mol. The van der Waals surface area contributed by atoms with Crippen LogP contribution in [0, 0.1) is 0 Å². The van der Waals surface area contributed by atoms with Gasteiger partial charge in [0, 0.05) is 17.8 Å². The molecule has 14 nitrogen and oxygen atoms in total. The van der Waals surface area contributed by atoms with Crippen molar-refractivity contribution in [2.24, 2.45) is 0 Å². The highest BCUT2D eigenvalue weighted by Gasteiger charge is 2.21. The van der Waals surface area contributed by atoms with Crippen LogP contribution in [-0.2, 0) is 11.3 Å². The second-order valence-electron chi connectivity index (χ2n) is 10.1. The van der Waals surface area contributed by atoms with E-state index in [-0.39, 0.29) is 47.5 Å². The number of aliphatic carboxylic acids is 1. The van der Waals surface area contributed by atoms with E-state index in [1.54, 1.807) is 42.5 Å². The van der Waals surface area contributed by atoms with E-state index in [0.29, 0.717) is 35.5 Å². The molecule has 43 heavy (non-hydrogen) atoms. The van der Waals surface area contributed by atoms with Crippen LogP contribution in [0.2, 0.25) is 0 Å². The maximum absolute atomic E-state index is 12.7. The van der Waals surface area contributed by atoms with E-state index in [9.17, 15) is 24.6 Å². The van der Waals surface area contributed by atoms with Crippen LogP contribution in [0.5, 0.6) is 5.75 Å². The van der Waals surface area contributed by atoms with Crippen LogP contribution in [0.25, 0.3) is 11.2 Å². The minimum Gasteiger partial charge on any atom is -0.507 e. The molecule has 0 spiro atoms. The Morgan fingerprint density at radius 2 is 1.72 bits per heavy atom. The van der Waals surface area contributed by atoms with Gasteiger partial charge in [0.05, 0.1) is 24.0 Å². The smallest absolute Gasteiger partial charge is 0.326 e. The largest absolute Gasteiger partial charge is 0.507 e. The van der Waals surface area contributed by atoms with Gasteiger partial charge in [-0.2, -0.15) is 9.97 Å². The molecule has 14 heteroatoms. The van der Waals surface area contributed by atoms with Gasteiger partial charge in [0.25, 0.3) is 11.8 Å². The van der Waals surface area contributed by atoms with Crippen molar-refractivity contribution >= 4 is 46.4 Å². The van der Waals surface area contributed by atoms with Crippen LogP contribution in [0.1, 0.15) is 64.6 Å². The van der Waals surface area contributed by atoms with Crippen molar-refractivity contribution in [2.75, 3.05) is 23.3 Å². The molecule has 0 radical (unpaired) electrons. The topological polar surface area (TPSA) is 231 Å². The average Bonchev–Trinajstić information content (AvgIpc) is 2.97. The summed E-state index contributed by atoms with van der Waals surface area (Å²) in [5.74, 6) is -1.97. The van der Waals surface area contributed by atoms with Gasteiger partial charge in [-0.15, -0.1) is 0 Å². The molecule has 0 saturated carbocycles. The van der Waals surface area contributed by atoms with E-state index in [2.05, 4.69) is 35.9 Å². The van der Waals surface area contributed by atoms with Gasteiger partial charge in [0.15, 0.2) is 17.0 Å². The van der Waals surface area contributed by atoms with E-state index in [1.807, 2.05) is 13.8 Å². The molecule has 2 aromatic carbocycles. The minimum absolute atomic E-state index is 0.0124. The van der Waals surface area contributed by atoms with Crippen molar-refractivity contribution in [3.8, 4) is 5.75 Å². The molecular formula is C29H33N9O5.